The van der Waals surface area contributed by atoms with Gasteiger partial charge in [-0.2, -0.15) is 0 Å². The number of aryl methyl sites for hydroxylation is 4. The molecular weight excluding hydrogens is 550 g/mol. The number of carbonyl (C=O) groups excluding carboxylic acids is 4. The summed E-state index contributed by atoms with van der Waals surface area (Å²) in [4.78, 5) is 52.0. The van der Waals surface area contributed by atoms with Crippen LogP contribution in [0.25, 0.3) is 6.08 Å². The van der Waals surface area contributed by atoms with Gasteiger partial charge in [0.25, 0.3) is 17.7 Å². The molecule has 9 heteroatoms. The van der Waals surface area contributed by atoms with Crippen molar-refractivity contribution >= 4 is 57.1 Å². The Labute approximate surface area is 228 Å². The van der Waals surface area contributed by atoms with Crippen LogP contribution in [0.3, 0.4) is 0 Å². The summed E-state index contributed by atoms with van der Waals surface area (Å²) in [5.74, 6) is -1.67. The van der Waals surface area contributed by atoms with Crippen LogP contribution in [0.15, 0.2) is 64.6 Å². The van der Waals surface area contributed by atoms with E-state index in [1.165, 1.54) is 6.08 Å². The number of urea groups is 1. The fraction of sp³-hybridized carbons (Fsp3) is 0.172. The predicted molar refractivity (Wildman–Crippen MR) is 149 cm³/mol. The van der Waals surface area contributed by atoms with Crippen LogP contribution in [0.2, 0.25) is 0 Å². The van der Waals surface area contributed by atoms with Crippen molar-refractivity contribution in [3.05, 3.63) is 92.5 Å². The summed E-state index contributed by atoms with van der Waals surface area (Å²) in [6, 6.07) is 14.9. The van der Waals surface area contributed by atoms with E-state index >= 15 is 0 Å². The van der Waals surface area contributed by atoms with Gasteiger partial charge in [0.1, 0.15) is 11.3 Å². The van der Waals surface area contributed by atoms with Crippen molar-refractivity contribution in [3.8, 4) is 5.75 Å². The van der Waals surface area contributed by atoms with E-state index in [1.54, 1.807) is 36.4 Å². The van der Waals surface area contributed by atoms with Gasteiger partial charge >= 0.3 is 6.03 Å². The monoisotopic (exact) mass is 575 g/mol. The number of nitrogens with zero attached hydrogens (tertiary/aromatic N) is 1. The molecule has 0 unspecified atom stereocenters. The van der Waals surface area contributed by atoms with Gasteiger partial charge in [-0.1, -0.05) is 28.1 Å². The largest absolute Gasteiger partial charge is 0.483 e. The first-order chi connectivity index (χ1) is 18.0. The van der Waals surface area contributed by atoms with Crippen molar-refractivity contribution in [2.24, 2.45) is 0 Å². The molecule has 3 aromatic rings. The molecular formula is C29H26BrN3O5. The molecule has 2 N–H and O–H groups in total. The fourth-order valence-corrected chi connectivity index (χ4v) is 4.21. The minimum atomic E-state index is -0.825. The highest BCUT2D eigenvalue weighted by molar-refractivity contribution is 9.10. The molecule has 0 radical (unpaired) electrons. The van der Waals surface area contributed by atoms with E-state index < -0.39 is 17.8 Å². The summed E-state index contributed by atoms with van der Waals surface area (Å²) in [6.07, 6.45) is 1.35. The van der Waals surface area contributed by atoms with E-state index in [9.17, 15) is 19.2 Å². The lowest BCUT2D eigenvalue weighted by atomic mass is 10.0. The Bertz CT molecular complexity index is 1510. The second-order valence-electron chi connectivity index (χ2n) is 9.04. The maximum Gasteiger partial charge on any atom is 0.335 e. The molecule has 1 aliphatic heterocycles. The second-order valence-corrected chi connectivity index (χ2v) is 9.96. The van der Waals surface area contributed by atoms with Crippen molar-refractivity contribution in [3.63, 3.8) is 0 Å². The number of hydrogen-bond donors (Lipinski definition) is 2. The van der Waals surface area contributed by atoms with Crippen LogP contribution in [0.5, 0.6) is 5.75 Å². The lowest BCUT2D eigenvalue weighted by Gasteiger charge is -2.27. The molecule has 0 aromatic heterocycles. The summed E-state index contributed by atoms with van der Waals surface area (Å²) in [5, 5.41) is 5.02. The fourth-order valence-electron chi connectivity index (χ4n) is 3.84. The molecule has 0 saturated carbocycles. The lowest BCUT2D eigenvalue weighted by molar-refractivity contribution is -0.122. The van der Waals surface area contributed by atoms with Crippen molar-refractivity contribution in [1.82, 2.24) is 5.32 Å². The molecule has 38 heavy (non-hydrogen) atoms. The predicted octanol–water partition coefficient (Wildman–Crippen LogP) is 5.37. The van der Waals surface area contributed by atoms with Gasteiger partial charge in [0.05, 0.1) is 5.69 Å². The number of nitrogens with one attached hydrogen (secondary N) is 2. The highest BCUT2D eigenvalue weighted by atomic mass is 79.9. The maximum atomic E-state index is 13.3. The molecule has 0 bridgehead atoms. The Morgan fingerprint density at radius 2 is 1.61 bits per heavy atom. The van der Waals surface area contributed by atoms with E-state index in [2.05, 4.69) is 26.6 Å². The van der Waals surface area contributed by atoms with Crippen LogP contribution in [0.1, 0.15) is 27.8 Å². The first-order valence-corrected chi connectivity index (χ1v) is 12.6. The smallest absolute Gasteiger partial charge is 0.335 e. The number of halogens is 1. The van der Waals surface area contributed by atoms with Crippen LogP contribution < -0.4 is 20.3 Å². The number of benzene rings is 3. The number of barbiturate groups is 1. The SMILES string of the molecule is Cc1ccc(NC(=O)COc2ccc(Br)cc2/C=C2/C(=O)NC(=O)N(c3ccc(C)c(C)c3)C2=O)cc1C. The third-order valence-electron chi connectivity index (χ3n) is 6.27. The first kappa shape index (κ1) is 26.8. The molecule has 1 aliphatic rings. The van der Waals surface area contributed by atoms with Crippen LogP contribution in [0.4, 0.5) is 16.2 Å². The number of amides is 5. The highest BCUT2D eigenvalue weighted by Gasteiger charge is 2.37. The van der Waals surface area contributed by atoms with E-state index in [1.807, 2.05) is 45.9 Å². The quantitative estimate of drug-likeness (QED) is 0.304. The van der Waals surface area contributed by atoms with Crippen LogP contribution in [-0.2, 0) is 14.4 Å². The highest BCUT2D eigenvalue weighted by Crippen LogP contribution is 2.29. The first-order valence-electron chi connectivity index (χ1n) is 11.8. The van der Waals surface area contributed by atoms with E-state index in [0.29, 0.717) is 21.4 Å². The minimum absolute atomic E-state index is 0.245. The summed E-state index contributed by atoms with van der Waals surface area (Å²) < 4.78 is 6.42. The van der Waals surface area contributed by atoms with Gasteiger partial charge in [0, 0.05) is 15.7 Å². The van der Waals surface area contributed by atoms with Crippen molar-refractivity contribution in [2.45, 2.75) is 27.7 Å². The molecule has 194 valence electrons. The molecule has 1 saturated heterocycles. The van der Waals surface area contributed by atoms with Crippen LogP contribution in [0, 0.1) is 27.7 Å². The van der Waals surface area contributed by atoms with Gasteiger partial charge in [-0.3, -0.25) is 19.7 Å². The van der Waals surface area contributed by atoms with E-state index in [4.69, 9.17) is 4.74 Å². The third kappa shape index (κ3) is 5.84. The van der Waals surface area contributed by atoms with Crippen molar-refractivity contribution in [1.29, 1.82) is 0 Å². The van der Waals surface area contributed by atoms with Crippen LogP contribution in [-0.4, -0.2) is 30.4 Å². The summed E-state index contributed by atoms with van der Waals surface area (Å²) in [6.45, 7) is 7.44. The van der Waals surface area contributed by atoms with Gasteiger partial charge < -0.3 is 10.1 Å². The van der Waals surface area contributed by atoms with E-state index in [-0.39, 0.29) is 23.8 Å². The summed E-state index contributed by atoms with van der Waals surface area (Å²) in [5.41, 5.74) is 5.20. The Hall–Kier alpha value is -4.24. The number of hydrogen-bond acceptors (Lipinski definition) is 5. The Morgan fingerprint density at radius 1 is 0.921 bits per heavy atom. The Balaban J connectivity index is 1.58. The number of imide groups is 2. The zero-order valence-electron chi connectivity index (χ0n) is 21.3. The molecule has 4 rings (SSSR count). The zero-order valence-corrected chi connectivity index (χ0v) is 22.9. The second kappa shape index (κ2) is 11.0. The molecule has 0 atom stereocenters. The maximum absolute atomic E-state index is 13.3. The number of rotatable bonds is 6. The average molecular weight is 576 g/mol. The Kier molecular flexibility index (Phi) is 7.78. The lowest BCUT2D eigenvalue weighted by Crippen LogP contribution is -2.54. The number of ether oxygens (including phenoxy) is 1. The molecule has 3 aromatic carbocycles. The standard InChI is InChI=1S/C29H26BrN3O5/c1-16-5-8-22(11-18(16)3)31-26(34)15-38-25-10-7-21(30)13-20(25)14-24-27(35)32-29(37)33(28(24)36)23-9-6-17(2)19(4)12-23/h5-14H,15H2,1-4H3,(H,31,34)(H,32,35,37)/b24-14-. The number of carbonyl (C=O) groups is 4. The van der Waals surface area contributed by atoms with Crippen LogP contribution >= 0.6 is 15.9 Å². The third-order valence-corrected chi connectivity index (χ3v) is 6.76. The number of anilines is 2. The van der Waals surface area contributed by atoms with Gasteiger partial charge in [-0.05, 0) is 98.5 Å². The topological polar surface area (TPSA) is 105 Å². The average Bonchev–Trinajstić information content (AvgIpc) is 2.85. The molecule has 0 spiro atoms. The molecule has 0 aliphatic carbocycles. The van der Waals surface area contributed by atoms with Crippen molar-refractivity contribution in [2.75, 3.05) is 16.8 Å². The summed E-state index contributed by atoms with van der Waals surface area (Å²) >= 11 is 3.39. The minimum Gasteiger partial charge on any atom is -0.483 e. The van der Waals surface area contributed by atoms with Gasteiger partial charge in [-0.15, -0.1) is 0 Å². The van der Waals surface area contributed by atoms with Gasteiger partial charge in [0.2, 0.25) is 0 Å². The zero-order chi connectivity index (χ0) is 27.6. The molecule has 1 fully saturated rings. The van der Waals surface area contributed by atoms with Gasteiger partial charge in [-0.25, -0.2) is 9.69 Å². The summed E-state index contributed by atoms with van der Waals surface area (Å²) in [7, 11) is 0. The van der Waals surface area contributed by atoms with E-state index in [0.717, 1.165) is 27.2 Å². The van der Waals surface area contributed by atoms with Gasteiger partial charge in [0.15, 0.2) is 6.61 Å². The normalized spacial score (nSPS) is 14.5. The molecule has 5 amide bonds. The van der Waals surface area contributed by atoms with Crippen molar-refractivity contribution < 1.29 is 23.9 Å². The molecule has 1 heterocycles. The Morgan fingerprint density at radius 3 is 2.29 bits per heavy atom. The molecule has 8 nitrogen and oxygen atoms in total.